The average Bonchev–Trinajstić information content (AvgIpc) is 2.61. The first kappa shape index (κ1) is 20.8. The molecule has 0 saturated heterocycles. The van der Waals surface area contributed by atoms with Crippen molar-refractivity contribution in [3.05, 3.63) is 70.7 Å². The maximum atomic E-state index is 12.4. The second-order valence-electron chi connectivity index (χ2n) is 6.83. The van der Waals surface area contributed by atoms with E-state index in [1.807, 2.05) is 63.2 Å². The SMILES string of the molecule is CC(C)(C)[S@+]([O-])NC(C#Cc1ccc(Cl)cc1)COCc1ccccc1. The van der Waals surface area contributed by atoms with E-state index in [4.69, 9.17) is 16.3 Å². The van der Waals surface area contributed by atoms with Crippen molar-refractivity contribution in [1.29, 1.82) is 0 Å². The quantitative estimate of drug-likeness (QED) is 0.590. The highest BCUT2D eigenvalue weighted by Crippen LogP contribution is 2.14. The summed E-state index contributed by atoms with van der Waals surface area (Å²) in [7, 11) is 0. The molecule has 0 saturated carbocycles. The minimum atomic E-state index is -1.23. The van der Waals surface area contributed by atoms with Gasteiger partial charge in [-0.15, -0.1) is 4.72 Å². The fourth-order valence-corrected chi connectivity index (χ4v) is 2.85. The van der Waals surface area contributed by atoms with Gasteiger partial charge in [-0.25, -0.2) is 0 Å². The van der Waals surface area contributed by atoms with E-state index in [0.29, 0.717) is 18.2 Å². The zero-order valence-electron chi connectivity index (χ0n) is 15.3. The van der Waals surface area contributed by atoms with Crippen molar-refractivity contribution < 1.29 is 9.29 Å². The Bertz CT molecular complexity index is 733. The highest BCUT2D eigenvalue weighted by molar-refractivity contribution is 7.90. The van der Waals surface area contributed by atoms with Crippen LogP contribution in [0.3, 0.4) is 0 Å². The molecule has 0 aliphatic heterocycles. The van der Waals surface area contributed by atoms with Crippen LogP contribution in [0.25, 0.3) is 0 Å². The number of rotatable bonds is 6. The van der Waals surface area contributed by atoms with Gasteiger partial charge in [0.2, 0.25) is 0 Å². The molecule has 2 aromatic rings. The van der Waals surface area contributed by atoms with Crippen molar-refractivity contribution in [3.8, 4) is 11.8 Å². The lowest BCUT2D eigenvalue weighted by atomic mass is 10.2. The Kier molecular flexibility index (Phi) is 8.02. The van der Waals surface area contributed by atoms with Gasteiger partial charge >= 0.3 is 0 Å². The summed E-state index contributed by atoms with van der Waals surface area (Å²) < 4.78 is 20.9. The Morgan fingerprint density at radius 2 is 1.77 bits per heavy atom. The molecule has 0 bridgehead atoms. The molecular weight excluding hydrogens is 366 g/mol. The van der Waals surface area contributed by atoms with E-state index in [-0.39, 0.29) is 10.8 Å². The number of nitrogens with one attached hydrogen (secondary N) is 1. The van der Waals surface area contributed by atoms with Crippen LogP contribution in [-0.2, 0) is 22.7 Å². The molecule has 0 fully saturated rings. The maximum absolute atomic E-state index is 12.4. The van der Waals surface area contributed by atoms with Crippen molar-refractivity contribution in [2.45, 2.75) is 38.2 Å². The third kappa shape index (κ3) is 7.41. The van der Waals surface area contributed by atoms with E-state index in [1.165, 1.54) is 0 Å². The van der Waals surface area contributed by atoms with Crippen LogP contribution in [0.1, 0.15) is 31.9 Å². The predicted octanol–water partition coefficient (Wildman–Crippen LogP) is 4.33. The fourth-order valence-electron chi connectivity index (χ4n) is 1.98. The van der Waals surface area contributed by atoms with Crippen molar-refractivity contribution in [2.24, 2.45) is 0 Å². The molecule has 0 aliphatic carbocycles. The molecule has 1 unspecified atom stereocenters. The summed E-state index contributed by atoms with van der Waals surface area (Å²) in [6.45, 7) is 6.60. The molecule has 2 atom stereocenters. The highest BCUT2D eigenvalue weighted by Gasteiger charge is 2.28. The molecule has 0 radical (unpaired) electrons. The van der Waals surface area contributed by atoms with Crippen LogP contribution in [0.5, 0.6) is 0 Å². The molecule has 0 aliphatic rings. The van der Waals surface area contributed by atoms with Gasteiger partial charge in [-0.05, 0) is 50.6 Å². The molecule has 0 amide bonds. The van der Waals surface area contributed by atoms with Crippen LogP contribution in [-0.4, -0.2) is 21.9 Å². The average molecular weight is 390 g/mol. The summed E-state index contributed by atoms with van der Waals surface area (Å²) in [4.78, 5) is 0. The summed E-state index contributed by atoms with van der Waals surface area (Å²) in [5, 5.41) is 0.672. The lowest BCUT2D eigenvalue weighted by Crippen LogP contribution is -2.45. The number of hydrogen-bond donors (Lipinski definition) is 1. The van der Waals surface area contributed by atoms with E-state index in [2.05, 4.69) is 16.6 Å². The topological polar surface area (TPSA) is 44.3 Å². The normalized spacial score (nSPS) is 13.6. The summed E-state index contributed by atoms with van der Waals surface area (Å²) in [5.41, 5.74) is 1.94. The van der Waals surface area contributed by atoms with Crippen molar-refractivity contribution in [3.63, 3.8) is 0 Å². The summed E-state index contributed by atoms with van der Waals surface area (Å²) in [6, 6.07) is 16.9. The van der Waals surface area contributed by atoms with Gasteiger partial charge in [-0.2, -0.15) is 0 Å². The molecular formula is C21H24ClNO2S. The largest absolute Gasteiger partial charge is 0.598 e. The molecule has 3 nitrogen and oxygen atoms in total. The van der Waals surface area contributed by atoms with Crippen molar-refractivity contribution in [2.75, 3.05) is 6.61 Å². The van der Waals surface area contributed by atoms with Gasteiger partial charge in [0, 0.05) is 21.9 Å². The van der Waals surface area contributed by atoms with E-state index in [1.54, 1.807) is 12.1 Å². The van der Waals surface area contributed by atoms with E-state index >= 15 is 0 Å². The van der Waals surface area contributed by atoms with Crippen molar-refractivity contribution in [1.82, 2.24) is 4.72 Å². The smallest absolute Gasteiger partial charge is 0.137 e. The Labute approximate surface area is 164 Å². The number of benzene rings is 2. The van der Waals surface area contributed by atoms with Crippen LogP contribution >= 0.6 is 11.6 Å². The Balaban J connectivity index is 2.02. The van der Waals surface area contributed by atoms with Gasteiger partial charge in [-0.1, -0.05) is 53.8 Å². The second kappa shape index (κ2) is 10.0. The van der Waals surface area contributed by atoms with Crippen LogP contribution < -0.4 is 4.72 Å². The molecule has 0 spiro atoms. The standard InChI is InChI=1S/C21H24ClNO2S/c1-21(2,3)26(24)23-20(14-11-17-9-12-19(22)13-10-17)16-25-15-18-7-5-4-6-8-18/h4-10,12-13,20,23H,15-16H2,1-3H3/t20?,26-/m0/s1. The molecule has 5 heteroatoms. The summed E-state index contributed by atoms with van der Waals surface area (Å²) >= 11 is 4.67. The first-order valence-corrected chi connectivity index (χ1v) is 9.94. The van der Waals surface area contributed by atoms with Gasteiger partial charge in [-0.3, -0.25) is 0 Å². The van der Waals surface area contributed by atoms with Crippen LogP contribution in [0.2, 0.25) is 5.02 Å². The van der Waals surface area contributed by atoms with Gasteiger partial charge in [0.1, 0.15) is 10.8 Å². The highest BCUT2D eigenvalue weighted by atomic mass is 35.5. The van der Waals surface area contributed by atoms with Gasteiger partial charge < -0.3 is 9.29 Å². The molecule has 138 valence electrons. The molecule has 1 N–H and O–H groups in total. The number of halogens is 1. The van der Waals surface area contributed by atoms with Gasteiger partial charge in [0.15, 0.2) is 0 Å². The summed E-state index contributed by atoms with van der Waals surface area (Å²) in [5.74, 6) is 6.21. The lowest BCUT2D eigenvalue weighted by Gasteiger charge is -2.26. The number of ether oxygens (including phenoxy) is 1. The third-order valence-electron chi connectivity index (χ3n) is 3.44. The van der Waals surface area contributed by atoms with Gasteiger partial charge in [0.25, 0.3) is 0 Å². The minimum Gasteiger partial charge on any atom is -0.598 e. The Morgan fingerprint density at radius 1 is 1.12 bits per heavy atom. The number of hydrogen-bond acceptors (Lipinski definition) is 3. The summed E-state index contributed by atoms with van der Waals surface area (Å²) in [6.07, 6.45) is 0. The first-order valence-electron chi connectivity index (χ1n) is 8.41. The molecule has 26 heavy (non-hydrogen) atoms. The van der Waals surface area contributed by atoms with E-state index in [9.17, 15) is 4.55 Å². The Hall–Kier alpha value is -1.48. The zero-order valence-corrected chi connectivity index (χ0v) is 16.9. The monoisotopic (exact) mass is 389 g/mol. The first-order chi connectivity index (χ1) is 12.3. The van der Waals surface area contributed by atoms with Crippen LogP contribution in [0, 0.1) is 11.8 Å². The van der Waals surface area contributed by atoms with Gasteiger partial charge in [0.05, 0.1) is 13.2 Å². The Morgan fingerprint density at radius 3 is 2.38 bits per heavy atom. The maximum Gasteiger partial charge on any atom is 0.137 e. The molecule has 0 aromatic heterocycles. The second-order valence-corrected chi connectivity index (χ2v) is 9.26. The minimum absolute atomic E-state index is 0.338. The van der Waals surface area contributed by atoms with E-state index in [0.717, 1.165) is 11.1 Å². The lowest BCUT2D eigenvalue weighted by molar-refractivity contribution is 0.115. The third-order valence-corrected chi connectivity index (χ3v) is 5.30. The van der Waals surface area contributed by atoms with Crippen LogP contribution in [0.15, 0.2) is 54.6 Å². The van der Waals surface area contributed by atoms with Crippen LogP contribution in [0.4, 0.5) is 0 Å². The van der Waals surface area contributed by atoms with Crippen molar-refractivity contribution >= 4 is 23.0 Å². The molecule has 2 aromatic carbocycles. The molecule has 0 heterocycles. The predicted molar refractivity (Wildman–Crippen MR) is 109 cm³/mol. The van der Waals surface area contributed by atoms with E-state index < -0.39 is 11.4 Å². The molecule has 2 rings (SSSR count). The zero-order chi connectivity index (χ0) is 19.0. The fraction of sp³-hybridized carbons (Fsp3) is 0.333.